The molecular weight excluding hydrogens is 204 g/mol. The number of hydrogen-bond donors (Lipinski definition) is 3. The number of carbonyl (C=O) groups excluding carboxylic acids is 1. The number of nitrogens with one attached hydrogen (secondary N) is 3. The number of anilines is 1. The first-order valence-corrected chi connectivity index (χ1v) is 4.93. The lowest BCUT2D eigenvalue weighted by Crippen LogP contribution is -2.28. The number of amides is 2. The highest BCUT2D eigenvalue weighted by Crippen LogP contribution is 2.04. The van der Waals surface area contributed by atoms with Crippen LogP contribution in [0.1, 0.15) is 5.69 Å². The third kappa shape index (κ3) is 2.84. The Morgan fingerprint density at radius 2 is 2.06 bits per heavy atom. The molecule has 2 rings (SSSR count). The summed E-state index contributed by atoms with van der Waals surface area (Å²) in [5, 5.41) is 12.0. The van der Waals surface area contributed by atoms with Crippen LogP contribution < -0.4 is 10.6 Å². The minimum absolute atomic E-state index is 0.235. The molecule has 2 amide bonds. The Hall–Kier alpha value is -2.30. The van der Waals surface area contributed by atoms with Gasteiger partial charge in [-0.25, -0.2) is 4.79 Å². The lowest BCUT2D eigenvalue weighted by atomic mass is 10.3. The van der Waals surface area contributed by atoms with Crippen LogP contribution >= 0.6 is 0 Å². The third-order valence-corrected chi connectivity index (χ3v) is 2.03. The van der Waals surface area contributed by atoms with Crippen LogP contribution in [0.2, 0.25) is 0 Å². The highest BCUT2D eigenvalue weighted by molar-refractivity contribution is 5.89. The molecule has 2 aromatic rings. The fraction of sp³-hybridized carbons (Fsp3) is 0.0909. The van der Waals surface area contributed by atoms with E-state index in [1.807, 2.05) is 36.4 Å². The molecule has 0 bridgehead atoms. The van der Waals surface area contributed by atoms with Gasteiger partial charge in [0.2, 0.25) is 0 Å². The average Bonchev–Trinajstić information content (AvgIpc) is 2.81. The van der Waals surface area contributed by atoms with E-state index in [1.54, 1.807) is 6.20 Å². The molecule has 0 fully saturated rings. The van der Waals surface area contributed by atoms with E-state index in [2.05, 4.69) is 20.8 Å². The van der Waals surface area contributed by atoms with E-state index in [-0.39, 0.29) is 6.03 Å². The van der Waals surface area contributed by atoms with Crippen molar-refractivity contribution in [2.75, 3.05) is 5.32 Å². The summed E-state index contributed by atoms with van der Waals surface area (Å²) >= 11 is 0. The van der Waals surface area contributed by atoms with Crippen LogP contribution in [-0.4, -0.2) is 16.2 Å². The largest absolute Gasteiger partial charge is 0.332 e. The van der Waals surface area contributed by atoms with Gasteiger partial charge in [-0.05, 0) is 18.2 Å². The Kier molecular flexibility index (Phi) is 3.18. The van der Waals surface area contributed by atoms with Crippen LogP contribution in [0, 0.1) is 0 Å². The number of carbonyl (C=O) groups is 1. The number of hydrogen-bond acceptors (Lipinski definition) is 2. The van der Waals surface area contributed by atoms with Crippen molar-refractivity contribution in [3.8, 4) is 0 Å². The van der Waals surface area contributed by atoms with Gasteiger partial charge in [0.1, 0.15) is 0 Å². The zero-order valence-corrected chi connectivity index (χ0v) is 8.60. The lowest BCUT2D eigenvalue weighted by Gasteiger charge is -2.05. The highest BCUT2D eigenvalue weighted by atomic mass is 16.2. The quantitative estimate of drug-likeness (QED) is 0.731. The minimum atomic E-state index is -0.235. The van der Waals surface area contributed by atoms with Gasteiger partial charge in [-0.3, -0.25) is 5.10 Å². The molecule has 0 radical (unpaired) electrons. The molecule has 0 spiro atoms. The molecule has 0 aliphatic heterocycles. The van der Waals surface area contributed by atoms with Crippen LogP contribution in [0.3, 0.4) is 0 Å². The van der Waals surface area contributed by atoms with Crippen LogP contribution in [-0.2, 0) is 6.54 Å². The maximum Gasteiger partial charge on any atom is 0.319 e. The van der Waals surface area contributed by atoms with Crippen molar-refractivity contribution < 1.29 is 4.79 Å². The van der Waals surface area contributed by atoms with E-state index in [4.69, 9.17) is 0 Å². The van der Waals surface area contributed by atoms with Gasteiger partial charge < -0.3 is 10.6 Å². The van der Waals surface area contributed by atoms with E-state index < -0.39 is 0 Å². The molecule has 0 saturated carbocycles. The first-order chi connectivity index (χ1) is 7.84. The van der Waals surface area contributed by atoms with Crippen LogP contribution in [0.4, 0.5) is 10.5 Å². The molecule has 0 aliphatic rings. The second kappa shape index (κ2) is 4.97. The number of H-pyrrole nitrogens is 1. The molecule has 1 aromatic carbocycles. The third-order valence-electron chi connectivity index (χ3n) is 2.03. The number of aromatic amines is 1. The van der Waals surface area contributed by atoms with Gasteiger partial charge in [0.25, 0.3) is 0 Å². The first-order valence-electron chi connectivity index (χ1n) is 4.93. The molecule has 0 aliphatic carbocycles. The zero-order chi connectivity index (χ0) is 11.2. The molecule has 82 valence electrons. The summed E-state index contributed by atoms with van der Waals surface area (Å²) in [7, 11) is 0. The highest BCUT2D eigenvalue weighted by Gasteiger charge is 2.00. The molecule has 1 aromatic heterocycles. The van der Waals surface area contributed by atoms with Crippen molar-refractivity contribution in [3.05, 3.63) is 48.3 Å². The van der Waals surface area contributed by atoms with Gasteiger partial charge >= 0.3 is 6.03 Å². The topological polar surface area (TPSA) is 69.8 Å². The van der Waals surface area contributed by atoms with E-state index >= 15 is 0 Å². The van der Waals surface area contributed by atoms with Gasteiger partial charge in [-0.15, -0.1) is 0 Å². The Morgan fingerprint density at radius 3 is 2.75 bits per heavy atom. The van der Waals surface area contributed by atoms with Crippen molar-refractivity contribution in [2.24, 2.45) is 0 Å². The van der Waals surface area contributed by atoms with E-state index in [1.165, 1.54) is 0 Å². The molecule has 16 heavy (non-hydrogen) atoms. The molecule has 0 unspecified atom stereocenters. The summed E-state index contributed by atoms with van der Waals surface area (Å²) in [4.78, 5) is 11.5. The smallest absolute Gasteiger partial charge is 0.319 e. The zero-order valence-electron chi connectivity index (χ0n) is 8.60. The summed E-state index contributed by atoms with van der Waals surface area (Å²) in [6.07, 6.45) is 1.64. The fourth-order valence-corrected chi connectivity index (χ4v) is 1.26. The first kappa shape index (κ1) is 10.2. The van der Waals surface area contributed by atoms with Crippen molar-refractivity contribution in [3.63, 3.8) is 0 Å². The Morgan fingerprint density at radius 1 is 1.25 bits per heavy atom. The normalized spacial score (nSPS) is 9.75. The summed E-state index contributed by atoms with van der Waals surface area (Å²) in [5.74, 6) is 0. The molecule has 1 heterocycles. The number of aromatic nitrogens is 2. The van der Waals surface area contributed by atoms with Gasteiger partial charge in [0.05, 0.1) is 12.2 Å². The second-order valence-electron chi connectivity index (χ2n) is 3.26. The minimum Gasteiger partial charge on any atom is -0.332 e. The lowest BCUT2D eigenvalue weighted by molar-refractivity contribution is 0.251. The van der Waals surface area contributed by atoms with Gasteiger partial charge in [-0.1, -0.05) is 18.2 Å². The molecular formula is C11H12N4O. The summed E-state index contributed by atoms with van der Waals surface area (Å²) in [6, 6.07) is 10.9. The molecule has 5 nitrogen and oxygen atoms in total. The maximum absolute atomic E-state index is 11.5. The number of rotatable bonds is 3. The maximum atomic E-state index is 11.5. The fourth-order valence-electron chi connectivity index (χ4n) is 1.26. The Bertz CT molecular complexity index is 438. The number of para-hydroxylation sites is 1. The summed E-state index contributed by atoms with van der Waals surface area (Å²) in [6.45, 7) is 0.429. The van der Waals surface area contributed by atoms with E-state index in [9.17, 15) is 4.79 Å². The second-order valence-corrected chi connectivity index (χ2v) is 3.26. The molecule has 0 saturated heterocycles. The number of nitrogens with zero attached hydrogens (tertiary/aromatic N) is 1. The van der Waals surface area contributed by atoms with Crippen molar-refractivity contribution in [1.82, 2.24) is 15.5 Å². The van der Waals surface area contributed by atoms with Gasteiger partial charge in [-0.2, -0.15) is 5.10 Å². The predicted molar refractivity (Wildman–Crippen MR) is 60.9 cm³/mol. The van der Waals surface area contributed by atoms with Crippen molar-refractivity contribution >= 4 is 11.7 Å². The van der Waals surface area contributed by atoms with Crippen LogP contribution in [0.25, 0.3) is 0 Å². The Balaban J connectivity index is 1.81. The van der Waals surface area contributed by atoms with E-state index in [0.29, 0.717) is 6.54 Å². The SMILES string of the molecule is O=C(NCc1ccn[nH]1)Nc1ccccc1. The predicted octanol–water partition coefficient (Wildman–Crippen LogP) is 1.73. The monoisotopic (exact) mass is 216 g/mol. The van der Waals surface area contributed by atoms with Crippen molar-refractivity contribution in [2.45, 2.75) is 6.54 Å². The number of benzene rings is 1. The van der Waals surface area contributed by atoms with E-state index in [0.717, 1.165) is 11.4 Å². The van der Waals surface area contributed by atoms with Crippen LogP contribution in [0.5, 0.6) is 0 Å². The average molecular weight is 216 g/mol. The molecule has 5 heteroatoms. The Labute approximate surface area is 92.9 Å². The number of urea groups is 1. The van der Waals surface area contributed by atoms with Gasteiger partial charge in [0, 0.05) is 11.9 Å². The van der Waals surface area contributed by atoms with Crippen molar-refractivity contribution in [1.29, 1.82) is 0 Å². The summed E-state index contributed by atoms with van der Waals surface area (Å²) < 4.78 is 0. The molecule has 0 atom stereocenters. The summed E-state index contributed by atoms with van der Waals surface area (Å²) in [5.41, 5.74) is 1.63. The molecule has 3 N–H and O–H groups in total. The van der Waals surface area contributed by atoms with Crippen LogP contribution in [0.15, 0.2) is 42.6 Å². The van der Waals surface area contributed by atoms with Gasteiger partial charge in [0.15, 0.2) is 0 Å². The standard InChI is InChI=1S/C11H12N4O/c16-11(12-8-10-6-7-13-15-10)14-9-4-2-1-3-5-9/h1-7H,8H2,(H,13,15)(H2,12,14,16).